The van der Waals surface area contributed by atoms with Gasteiger partial charge in [0, 0.05) is 35.2 Å². The van der Waals surface area contributed by atoms with Gasteiger partial charge < -0.3 is 0 Å². The number of carbonyl (C=O) groups is 1. The fourth-order valence-electron chi connectivity index (χ4n) is 3.82. The Morgan fingerprint density at radius 2 is 1.19 bits per heavy atom. The van der Waals surface area contributed by atoms with E-state index in [-0.39, 0.29) is 5.78 Å². The zero-order chi connectivity index (χ0) is 25.8. The standard InChI is InChI=1S/C31H19Cl3OS2/c32-22-11-16-25(17-12-22)36-28-18-13-23(33)19-26(28)20-9-14-24(15-10-20)37-29-8-4-7-27(34)30(29)31(35)21-5-2-1-3-6-21/h1-19H. The monoisotopic (exact) mass is 576 g/mol. The van der Waals surface area contributed by atoms with E-state index in [1.807, 2.05) is 72.8 Å². The Morgan fingerprint density at radius 3 is 1.89 bits per heavy atom. The molecule has 0 fully saturated rings. The van der Waals surface area contributed by atoms with E-state index in [2.05, 4.69) is 24.3 Å². The largest absolute Gasteiger partial charge is 0.289 e. The van der Waals surface area contributed by atoms with Crippen LogP contribution in [0.15, 0.2) is 135 Å². The number of hydrogen-bond donors (Lipinski definition) is 0. The highest BCUT2D eigenvalue weighted by atomic mass is 35.5. The van der Waals surface area contributed by atoms with Crippen LogP contribution in [0.1, 0.15) is 15.9 Å². The lowest BCUT2D eigenvalue weighted by atomic mass is 10.0. The maximum absolute atomic E-state index is 13.2. The van der Waals surface area contributed by atoms with Gasteiger partial charge in [-0.1, -0.05) is 107 Å². The van der Waals surface area contributed by atoms with Gasteiger partial charge in [0.25, 0.3) is 0 Å². The summed E-state index contributed by atoms with van der Waals surface area (Å²) >= 11 is 22.1. The van der Waals surface area contributed by atoms with Gasteiger partial charge in [0.15, 0.2) is 5.78 Å². The van der Waals surface area contributed by atoms with E-state index in [9.17, 15) is 4.79 Å². The van der Waals surface area contributed by atoms with Gasteiger partial charge in [-0.2, -0.15) is 0 Å². The average Bonchev–Trinajstić information content (AvgIpc) is 2.92. The summed E-state index contributed by atoms with van der Waals surface area (Å²) in [4.78, 5) is 17.2. The van der Waals surface area contributed by atoms with Crippen LogP contribution in [0.25, 0.3) is 11.1 Å². The molecule has 0 aliphatic rings. The van der Waals surface area contributed by atoms with Crippen LogP contribution in [0.5, 0.6) is 0 Å². The third-order valence-corrected chi connectivity index (χ3v) is 8.57. The summed E-state index contributed by atoms with van der Waals surface area (Å²) in [5.74, 6) is -0.0897. The maximum atomic E-state index is 13.2. The van der Waals surface area contributed by atoms with Crippen molar-refractivity contribution in [3.63, 3.8) is 0 Å². The molecule has 0 N–H and O–H groups in total. The average molecular weight is 578 g/mol. The number of halogens is 3. The molecule has 0 bridgehead atoms. The van der Waals surface area contributed by atoms with Crippen LogP contribution in [-0.4, -0.2) is 5.78 Å². The van der Waals surface area contributed by atoms with E-state index in [0.717, 1.165) is 30.7 Å². The number of hydrogen-bond acceptors (Lipinski definition) is 3. The zero-order valence-corrected chi connectivity index (χ0v) is 23.2. The highest BCUT2D eigenvalue weighted by molar-refractivity contribution is 7.99. The Hall–Kier alpha value is -2.66. The Labute approximate surface area is 239 Å². The third kappa shape index (κ3) is 6.26. The Morgan fingerprint density at radius 1 is 0.568 bits per heavy atom. The minimum Gasteiger partial charge on any atom is -0.289 e. The molecule has 0 atom stereocenters. The number of benzene rings is 5. The van der Waals surface area contributed by atoms with Gasteiger partial charge in [0.2, 0.25) is 0 Å². The van der Waals surface area contributed by atoms with Crippen molar-refractivity contribution in [1.29, 1.82) is 0 Å². The summed E-state index contributed by atoms with van der Waals surface area (Å²) < 4.78 is 0. The molecule has 5 rings (SSSR count). The molecule has 0 saturated heterocycles. The molecule has 0 saturated carbocycles. The lowest BCUT2D eigenvalue weighted by Crippen LogP contribution is -2.04. The molecule has 0 spiro atoms. The van der Waals surface area contributed by atoms with Crippen LogP contribution in [0.2, 0.25) is 15.1 Å². The summed E-state index contributed by atoms with van der Waals surface area (Å²) in [6, 6.07) is 36.7. The second-order valence-corrected chi connectivity index (χ2v) is 11.6. The van der Waals surface area contributed by atoms with Crippen molar-refractivity contribution in [2.75, 3.05) is 0 Å². The molecule has 37 heavy (non-hydrogen) atoms. The molecule has 0 aliphatic heterocycles. The van der Waals surface area contributed by atoms with Crippen LogP contribution in [-0.2, 0) is 0 Å². The Bertz CT molecular complexity index is 1550. The highest BCUT2D eigenvalue weighted by Gasteiger charge is 2.18. The summed E-state index contributed by atoms with van der Waals surface area (Å²) in [6.45, 7) is 0. The van der Waals surface area contributed by atoms with Gasteiger partial charge >= 0.3 is 0 Å². The minimum atomic E-state index is -0.0897. The Balaban J connectivity index is 1.42. The van der Waals surface area contributed by atoms with Crippen molar-refractivity contribution >= 4 is 64.1 Å². The van der Waals surface area contributed by atoms with Gasteiger partial charge in [0.05, 0.1) is 10.6 Å². The number of carbonyl (C=O) groups excluding carboxylic acids is 1. The molecule has 182 valence electrons. The molecule has 0 radical (unpaired) electrons. The molecule has 0 aliphatic carbocycles. The second kappa shape index (κ2) is 11.8. The minimum absolute atomic E-state index is 0.0897. The first-order valence-electron chi connectivity index (χ1n) is 11.4. The van der Waals surface area contributed by atoms with Crippen molar-refractivity contribution < 1.29 is 4.79 Å². The van der Waals surface area contributed by atoms with Crippen LogP contribution in [0.3, 0.4) is 0 Å². The molecule has 0 aromatic heterocycles. The first-order valence-corrected chi connectivity index (χ1v) is 14.1. The van der Waals surface area contributed by atoms with E-state index in [1.54, 1.807) is 30.0 Å². The van der Waals surface area contributed by atoms with Gasteiger partial charge in [-0.15, -0.1) is 0 Å². The van der Waals surface area contributed by atoms with E-state index < -0.39 is 0 Å². The lowest BCUT2D eigenvalue weighted by molar-refractivity contribution is 0.103. The van der Waals surface area contributed by atoms with Crippen LogP contribution in [0, 0.1) is 0 Å². The first-order chi connectivity index (χ1) is 18.0. The van der Waals surface area contributed by atoms with Crippen molar-refractivity contribution in [2.45, 2.75) is 19.6 Å². The lowest BCUT2D eigenvalue weighted by Gasteiger charge is -2.13. The summed E-state index contributed by atoms with van der Waals surface area (Å²) in [7, 11) is 0. The fraction of sp³-hybridized carbons (Fsp3) is 0. The maximum Gasteiger partial charge on any atom is 0.195 e. The van der Waals surface area contributed by atoms with Gasteiger partial charge in [-0.3, -0.25) is 4.79 Å². The normalized spacial score (nSPS) is 10.9. The number of ketones is 1. The SMILES string of the molecule is O=C(c1ccccc1)c1c(Cl)cccc1Sc1ccc(-c2cc(Cl)ccc2Sc2ccc(Cl)cc2)cc1. The van der Waals surface area contributed by atoms with E-state index in [1.165, 1.54) is 11.8 Å². The molecular formula is C31H19Cl3OS2. The predicted octanol–water partition coefficient (Wildman–Crippen LogP) is 10.8. The fourth-order valence-corrected chi connectivity index (χ4v) is 6.36. The van der Waals surface area contributed by atoms with Crippen molar-refractivity contribution in [2.24, 2.45) is 0 Å². The molecular weight excluding hydrogens is 559 g/mol. The summed E-state index contributed by atoms with van der Waals surface area (Å²) in [6.07, 6.45) is 0. The highest BCUT2D eigenvalue weighted by Crippen LogP contribution is 2.40. The van der Waals surface area contributed by atoms with Gasteiger partial charge in [0.1, 0.15) is 0 Å². The quantitative estimate of drug-likeness (QED) is 0.179. The first kappa shape index (κ1) is 26.0. The van der Waals surface area contributed by atoms with Crippen molar-refractivity contribution in [3.05, 3.63) is 141 Å². The molecule has 5 aromatic carbocycles. The van der Waals surface area contributed by atoms with Crippen molar-refractivity contribution in [3.8, 4) is 11.1 Å². The zero-order valence-electron chi connectivity index (χ0n) is 19.3. The molecule has 1 nitrogen and oxygen atoms in total. The van der Waals surface area contributed by atoms with E-state index in [4.69, 9.17) is 34.8 Å². The van der Waals surface area contributed by atoms with Crippen LogP contribution in [0.4, 0.5) is 0 Å². The van der Waals surface area contributed by atoms with Crippen molar-refractivity contribution in [1.82, 2.24) is 0 Å². The molecule has 0 unspecified atom stereocenters. The van der Waals surface area contributed by atoms with Gasteiger partial charge in [-0.05, 0) is 77.9 Å². The molecule has 0 heterocycles. The third-order valence-electron chi connectivity index (χ3n) is 5.61. The number of rotatable bonds is 7. The summed E-state index contributed by atoms with van der Waals surface area (Å²) in [5, 5.41) is 1.83. The molecule has 5 aromatic rings. The Kier molecular flexibility index (Phi) is 8.29. The topological polar surface area (TPSA) is 17.1 Å². The van der Waals surface area contributed by atoms with E-state index in [0.29, 0.717) is 26.2 Å². The van der Waals surface area contributed by atoms with E-state index >= 15 is 0 Å². The van der Waals surface area contributed by atoms with Crippen LogP contribution >= 0.6 is 58.3 Å². The smallest absolute Gasteiger partial charge is 0.195 e. The van der Waals surface area contributed by atoms with Gasteiger partial charge in [-0.25, -0.2) is 0 Å². The van der Waals surface area contributed by atoms with Crippen LogP contribution < -0.4 is 0 Å². The molecule has 6 heteroatoms. The second-order valence-electron chi connectivity index (χ2n) is 8.13. The predicted molar refractivity (Wildman–Crippen MR) is 158 cm³/mol. The summed E-state index contributed by atoms with van der Waals surface area (Å²) in [5.41, 5.74) is 3.22. The molecule has 0 amide bonds.